The van der Waals surface area contributed by atoms with Crippen molar-refractivity contribution in [1.82, 2.24) is 15.0 Å². The second kappa shape index (κ2) is 12.8. The van der Waals surface area contributed by atoms with Gasteiger partial charge in [0, 0.05) is 18.6 Å². The predicted octanol–water partition coefficient (Wildman–Crippen LogP) is 4.56. The number of hydrogen-bond donors (Lipinski definition) is 4. The van der Waals surface area contributed by atoms with Crippen LogP contribution in [0.5, 0.6) is 0 Å². The molecule has 1 saturated carbocycles. The molecule has 2 aromatic rings. The van der Waals surface area contributed by atoms with E-state index in [9.17, 15) is 26.8 Å². The van der Waals surface area contributed by atoms with E-state index in [0.29, 0.717) is 30.8 Å². The molecule has 0 aliphatic heterocycles. The van der Waals surface area contributed by atoms with Gasteiger partial charge in [0.2, 0.25) is 15.8 Å². The van der Waals surface area contributed by atoms with Gasteiger partial charge in [-0.2, -0.15) is 0 Å². The van der Waals surface area contributed by atoms with Gasteiger partial charge in [-0.25, -0.2) is 31.7 Å². The number of halogens is 2. The number of carbonyl (C=O) groups is 2. The number of alkyl carbamates (subject to hydrolysis) is 1. The summed E-state index contributed by atoms with van der Waals surface area (Å²) in [6.07, 6.45) is 1.85. The molecule has 0 atom stereocenters. The highest BCUT2D eigenvalue weighted by atomic mass is 32.2. The third kappa shape index (κ3) is 9.10. The van der Waals surface area contributed by atoms with E-state index in [2.05, 4.69) is 20.3 Å². The Labute approximate surface area is 237 Å². The highest BCUT2D eigenvalue weighted by molar-refractivity contribution is 7.89. The standard InChI is InChI=1S/C26H37F2N5O5S2/c1-14(2)13-40(36,37)33-17-8-6-16(7-9-17)31-24-32-23(29)22(39-24)21(34)20-18(27)10-15(11-19(20)28)12-30-25(35)38-26(3,4)5/h10-11,14,16-17,33H,6-9,12-13,29H2,1-5H3,(H,30,35)(H,31,32)/t16-,17-. The van der Waals surface area contributed by atoms with Gasteiger partial charge < -0.3 is 21.1 Å². The minimum absolute atomic E-state index is 0.0235. The lowest BCUT2D eigenvalue weighted by atomic mass is 9.92. The Kier molecular flexibility index (Phi) is 10.1. The van der Waals surface area contributed by atoms with Crippen molar-refractivity contribution in [2.24, 2.45) is 5.92 Å². The third-order valence-electron chi connectivity index (χ3n) is 5.98. The Morgan fingerprint density at radius 1 is 1.12 bits per heavy atom. The summed E-state index contributed by atoms with van der Waals surface area (Å²) in [6.45, 7) is 8.56. The lowest BCUT2D eigenvalue weighted by Gasteiger charge is -2.29. The average Bonchev–Trinajstić information content (AvgIpc) is 3.16. The third-order valence-corrected chi connectivity index (χ3v) is 8.78. The number of amides is 1. The van der Waals surface area contributed by atoms with Crippen LogP contribution in [0.25, 0.3) is 0 Å². The van der Waals surface area contributed by atoms with E-state index in [0.717, 1.165) is 23.5 Å². The van der Waals surface area contributed by atoms with Crippen molar-refractivity contribution in [3.05, 3.63) is 39.8 Å². The number of hydrogen-bond acceptors (Lipinski definition) is 9. The van der Waals surface area contributed by atoms with Crippen LogP contribution in [0.15, 0.2) is 12.1 Å². The summed E-state index contributed by atoms with van der Waals surface area (Å²) in [4.78, 5) is 28.9. The Bertz CT molecular complexity index is 1310. The number of anilines is 2. The van der Waals surface area contributed by atoms with Crippen LogP contribution in [0.3, 0.4) is 0 Å². The Hall–Kier alpha value is -2.84. The number of aromatic nitrogens is 1. The fourth-order valence-electron chi connectivity index (χ4n) is 4.37. The Morgan fingerprint density at radius 3 is 2.25 bits per heavy atom. The summed E-state index contributed by atoms with van der Waals surface area (Å²) < 4.78 is 62.0. The maximum Gasteiger partial charge on any atom is 0.407 e. The number of benzene rings is 1. The topological polar surface area (TPSA) is 153 Å². The molecule has 1 amide bonds. The highest BCUT2D eigenvalue weighted by Crippen LogP contribution is 2.32. The maximum atomic E-state index is 14.9. The second-order valence-electron chi connectivity index (χ2n) is 11.3. The van der Waals surface area contributed by atoms with Crippen LogP contribution in [0, 0.1) is 17.6 Å². The van der Waals surface area contributed by atoms with Crippen molar-refractivity contribution in [2.75, 3.05) is 16.8 Å². The number of carbonyl (C=O) groups excluding carboxylic acids is 2. The van der Waals surface area contributed by atoms with Crippen LogP contribution >= 0.6 is 11.3 Å². The molecule has 1 aliphatic rings. The first-order valence-corrected chi connectivity index (χ1v) is 15.5. The quantitative estimate of drug-likeness (QED) is 0.289. The number of nitrogens with one attached hydrogen (secondary N) is 3. The normalized spacial score (nSPS) is 18.0. The summed E-state index contributed by atoms with van der Waals surface area (Å²) in [7, 11) is -3.34. The number of nitrogens with zero attached hydrogens (tertiary/aromatic N) is 1. The van der Waals surface area contributed by atoms with E-state index in [1.54, 1.807) is 20.8 Å². The predicted molar refractivity (Wildman–Crippen MR) is 151 cm³/mol. The molecule has 1 heterocycles. The molecule has 1 aliphatic carbocycles. The average molecular weight is 602 g/mol. The summed E-state index contributed by atoms with van der Waals surface area (Å²) in [6, 6.07) is 1.77. The van der Waals surface area contributed by atoms with Crippen LogP contribution in [-0.2, 0) is 21.3 Å². The van der Waals surface area contributed by atoms with Crippen molar-refractivity contribution in [3.63, 3.8) is 0 Å². The first-order chi connectivity index (χ1) is 18.5. The minimum atomic E-state index is -3.34. The highest BCUT2D eigenvalue weighted by Gasteiger charge is 2.28. The summed E-state index contributed by atoms with van der Waals surface area (Å²) in [5, 5.41) is 5.95. The Morgan fingerprint density at radius 2 is 1.70 bits per heavy atom. The number of thiazole rings is 1. The number of ketones is 1. The van der Waals surface area contributed by atoms with E-state index in [1.807, 2.05) is 13.8 Å². The van der Waals surface area contributed by atoms with Crippen LogP contribution in [0.1, 0.15) is 81.1 Å². The van der Waals surface area contributed by atoms with Crippen molar-refractivity contribution in [2.45, 2.75) is 84.5 Å². The lowest BCUT2D eigenvalue weighted by Crippen LogP contribution is -2.41. The zero-order valence-electron chi connectivity index (χ0n) is 23.3. The summed E-state index contributed by atoms with van der Waals surface area (Å²) in [5.74, 6) is -3.16. The molecule has 0 saturated heterocycles. The molecule has 1 aromatic heterocycles. The number of rotatable bonds is 10. The van der Waals surface area contributed by atoms with E-state index < -0.39 is 44.7 Å². The van der Waals surface area contributed by atoms with E-state index in [1.165, 1.54) is 0 Å². The van der Waals surface area contributed by atoms with Gasteiger partial charge in [0.05, 0.1) is 11.3 Å². The fourth-order valence-corrected chi connectivity index (χ4v) is 7.00. The van der Waals surface area contributed by atoms with Crippen molar-refractivity contribution >= 4 is 44.2 Å². The second-order valence-corrected chi connectivity index (χ2v) is 14.1. The molecule has 5 N–H and O–H groups in total. The molecule has 0 bridgehead atoms. The van der Waals surface area contributed by atoms with Crippen molar-refractivity contribution in [1.29, 1.82) is 0 Å². The zero-order chi connectivity index (χ0) is 29.8. The van der Waals surface area contributed by atoms with Gasteiger partial charge in [-0.05, 0) is 70.1 Å². The summed E-state index contributed by atoms with van der Waals surface area (Å²) in [5.41, 5.74) is 4.55. The van der Waals surface area contributed by atoms with Gasteiger partial charge in [-0.1, -0.05) is 25.2 Å². The van der Waals surface area contributed by atoms with Crippen LogP contribution in [0.4, 0.5) is 24.5 Å². The Balaban J connectivity index is 1.62. The monoisotopic (exact) mass is 601 g/mol. The zero-order valence-corrected chi connectivity index (χ0v) is 24.9. The lowest BCUT2D eigenvalue weighted by molar-refractivity contribution is 0.0523. The molecule has 3 rings (SSSR count). The van der Waals surface area contributed by atoms with Crippen LogP contribution in [-0.4, -0.2) is 48.7 Å². The van der Waals surface area contributed by atoms with Gasteiger partial charge in [0.1, 0.15) is 27.9 Å². The van der Waals surface area contributed by atoms with Gasteiger partial charge >= 0.3 is 6.09 Å². The number of ether oxygens (including phenoxy) is 1. The molecule has 0 spiro atoms. The van der Waals surface area contributed by atoms with Crippen molar-refractivity contribution < 1.29 is 31.5 Å². The smallest absolute Gasteiger partial charge is 0.407 e. The molecule has 222 valence electrons. The summed E-state index contributed by atoms with van der Waals surface area (Å²) >= 11 is 0.900. The molecule has 10 nitrogen and oxygen atoms in total. The van der Waals surface area contributed by atoms with Gasteiger partial charge in [0.15, 0.2) is 5.13 Å². The largest absolute Gasteiger partial charge is 0.444 e. The first kappa shape index (κ1) is 31.7. The number of nitrogens with two attached hydrogens (primary N) is 1. The molecule has 0 radical (unpaired) electrons. The molecule has 1 fully saturated rings. The first-order valence-electron chi connectivity index (χ1n) is 13.0. The van der Waals surface area contributed by atoms with Gasteiger partial charge in [0.25, 0.3) is 0 Å². The van der Waals surface area contributed by atoms with Gasteiger partial charge in [-0.3, -0.25) is 4.79 Å². The molecule has 14 heteroatoms. The molecule has 1 aromatic carbocycles. The molecular formula is C26H37F2N5O5S2. The van der Waals surface area contributed by atoms with Crippen LogP contribution < -0.4 is 21.1 Å². The SMILES string of the molecule is CC(C)CS(=O)(=O)N[C@H]1CC[C@H](Nc2nc(N)c(C(=O)c3c(F)cc(CNC(=O)OC(C)(C)C)cc3F)s2)CC1. The minimum Gasteiger partial charge on any atom is -0.444 e. The fraction of sp³-hybridized carbons (Fsp3) is 0.577. The number of sulfonamides is 1. The molecular weight excluding hydrogens is 564 g/mol. The van der Waals surface area contributed by atoms with E-state index in [4.69, 9.17) is 10.5 Å². The molecule has 0 unspecified atom stereocenters. The van der Waals surface area contributed by atoms with Crippen molar-refractivity contribution in [3.8, 4) is 0 Å². The van der Waals surface area contributed by atoms with Gasteiger partial charge in [-0.15, -0.1) is 0 Å². The molecule has 40 heavy (non-hydrogen) atoms. The van der Waals surface area contributed by atoms with E-state index in [-0.39, 0.29) is 46.6 Å². The van der Waals surface area contributed by atoms with E-state index >= 15 is 0 Å². The number of nitrogen functional groups attached to an aromatic ring is 1. The maximum absolute atomic E-state index is 14.9. The van der Waals surface area contributed by atoms with Crippen LogP contribution in [0.2, 0.25) is 0 Å².